The Bertz CT molecular complexity index is 950. The minimum Gasteiger partial charge on any atom is -0.446 e. The van der Waals surface area contributed by atoms with Gasteiger partial charge >= 0.3 is 6.09 Å². The third-order valence-electron chi connectivity index (χ3n) is 5.06. The van der Waals surface area contributed by atoms with Crippen LogP contribution in [0.4, 0.5) is 9.80 Å². The summed E-state index contributed by atoms with van der Waals surface area (Å²) in [6.07, 6.45) is 10.1. The van der Waals surface area contributed by atoms with Crippen LogP contribution in [0.3, 0.4) is 0 Å². The van der Waals surface area contributed by atoms with Crippen LogP contribution in [0.1, 0.15) is 41.7 Å². The van der Waals surface area contributed by atoms with Crippen molar-refractivity contribution in [1.82, 2.24) is 5.32 Å². The Morgan fingerprint density at radius 2 is 2.10 bits per heavy atom. The Morgan fingerprint density at radius 1 is 1.30 bits per heavy atom. The number of hydrogen-bond donors (Lipinski definition) is 2. The van der Waals surface area contributed by atoms with Crippen molar-refractivity contribution >= 4 is 34.6 Å². The molecule has 2 N–H and O–H groups in total. The lowest BCUT2D eigenvalue weighted by Gasteiger charge is -2.28. The Morgan fingerprint density at radius 3 is 2.77 bits per heavy atom. The van der Waals surface area contributed by atoms with Crippen LogP contribution in [0.5, 0.6) is 0 Å². The lowest BCUT2D eigenvalue weighted by molar-refractivity contribution is -0.111. The van der Waals surface area contributed by atoms with E-state index < -0.39 is 0 Å². The van der Waals surface area contributed by atoms with E-state index in [4.69, 9.17) is 4.74 Å². The van der Waals surface area contributed by atoms with Crippen LogP contribution in [0.2, 0.25) is 0 Å². The summed E-state index contributed by atoms with van der Waals surface area (Å²) in [7, 11) is 0. The molecule has 156 valence electrons. The molecule has 2 aliphatic rings. The number of fused-ring (bicyclic) bond motifs is 1. The van der Waals surface area contributed by atoms with E-state index in [1.165, 1.54) is 35.9 Å². The largest absolute Gasteiger partial charge is 0.446 e. The lowest BCUT2D eigenvalue weighted by atomic mass is 9.93. The molecular formula is C22H24N4O3S. The second-order valence-electron chi connectivity index (χ2n) is 7.22. The van der Waals surface area contributed by atoms with Crippen LogP contribution in [-0.2, 0) is 22.4 Å². The normalized spacial score (nSPS) is 18.3. The average Bonchev–Trinajstić information content (AvgIpc) is 3.03. The number of anilines is 1. The van der Waals surface area contributed by atoms with Crippen LogP contribution in [0.25, 0.3) is 0 Å². The van der Waals surface area contributed by atoms with Gasteiger partial charge in [0.1, 0.15) is 17.2 Å². The first-order valence-corrected chi connectivity index (χ1v) is 10.7. The van der Waals surface area contributed by atoms with Crippen molar-refractivity contribution in [3.63, 3.8) is 0 Å². The maximum absolute atomic E-state index is 12.2. The summed E-state index contributed by atoms with van der Waals surface area (Å²) >= 11 is 1.36. The van der Waals surface area contributed by atoms with Gasteiger partial charge in [-0.05, 0) is 49.3 Å². The Labute approximate surface area is 179 Å². The quantitative estimate of drug-likeness (QED) is 0.392. The monoisotopic (exact) mass is 424 g/mol. The van der Waals surface area contributed by atoms with Crippen LogP contribution < -0.4 is 10.6 Å². The van der Waals surface area contributed by atoms with Gasteiger partial charge in [0.15, 0.2) is 0 Å². The predicted molar refractivity (Wildman–Crippen MR) is 118 cm³/mol. The average molecular weight is 425 g/mol. The smallest absolute Gasteiger partial charge is 0.407 e. The zero-order valence-corrected chi connectivity index (χ0v) is 17.5. The van der Waals surface area contributed by atoms with E-state index in [2.05, 4.69) is 34.9 Å². The number of nitrogens with one attached hydrogen (secondary N) is 2. The summed E-state index contributed by atoms with van der Waals surface area (Å²) in [5, 5.41) is 15.8. The van der Waals surface area contributed by atoms with E-state index in [9.17, 15) is 14.9 Å². The molecule has 7 nitrogen and oxygen atoms in total. The highest BCUT2D eigenvalue weighted by molar-refractivity contribution is 7.16. The number of thiophene rings is 1. The number of rotatable bonds is 7. The molecule has 1 aromatic heterocycles. The van der Waals surface area contributed by atoms with Crippen molar-refractivity contribution in [3.05, 3.63) is 53.1 Å². The van der Waals surface area contributed by atoms with Crippen molar-refractivity contribution in [2.75, 3.05) is 5.32 Å². The molecule has 1 aromatic rings. The molecule has 2 aliphatic carbocycles. The van der Waals surface area contributed by atoms with Gasteiger partial charge < -0.3 is 15.4 Å². The van der Waals surface area contributed by atoms with Gasteiger partial charge in [-0.2, -0.15) is 5.26 Å². The number of amides is 2. The maximum atomic E-state index is 12.2. The highest BCUT2D eigenvalue weighted by atomic mass is 32.1. The zero-order valence-electron chi connectivity index (χ0n) is 16.6. The van der Waals surface area contributed by atoms with Gasteiger partial charge in [0, 0.05) is 35.8 Å². The number of carbonyl (C=O) groups excluding carboxylic acids is 2. The number of hydrogen-bond acceptors (Lipinski definition) is 6. The predicted octanol–water partition coefficient (Wildman–Crippen LogP) is 4.02. The molecule has 0 aliphatic heterocycles. The van der Waals surface area contributed by atoms with Gasteiger partial charge in [-0.1, -0.05) is 13.2 Å². The second-order valence-corrected chi connectivity index (χ2v) is 8.33. The van der Waals surface area contributed by atoms with E-state index in [1.54, 1.807) is 0 Å². The first kappa shape index (κ1) is 21.5. The van der Waals surface area contributed by atoms with Crippen LogP contribution in [0.15, 0.2) is 42.1 Å². The molecule has 0 radical (unpaired) electrons. The minimum atomic E-state index is -0.371. The molecule has 3 rings (SSSR count). The standard InChI is InChI=1S/C22H24N4O3S/c1-3-24-13-14(2)7-10-20(27)26-21-18(12-23)17-9-8-16(11-19(17)30-21)29-22(28)25-15-5-4-6-15/h3,7,10,13,15-16H,1-2,4-6,8-9,11H2,(H,25,28)(H,26,27)/b10-7+,24-13?. The van der Waals surface area contributed by atoms with Gasteiger partial charge in [0.2, 0.25) is 5.91 Å². The number of nitrogens with zero attached hydrogens (tertiary/aromatic N) is 2. The molecule has 8 heteroatoms. The fourth-order valence-electron chi connectivity index (χ4n) is 3.30. The summed E-state index contributed by atoms with van der Waals surface area (Å²) < 4.78 is 5.56. The van der Waals surface area contributed by atoms with Crippen molar-refractivity contribution in [3.8, 4) is 6.07 Å². The Balaban J connectivity index is 1.62. The summed E-state index contributed by atoms with van der Waals surface area (Å²) in [4.78, 5) is 29.1. The number of ether oxygens (including phenoxy) is 1. The van der Waals surface area contributed by atoms with Crippen LogP contribution in [-0.4, -0.2) is 30.4 Å². The van der Waals surface area contributed by atoms with E-state index in [1.807, 2.05) is 0 Å². The third-order valence-corrected chi connectivity index (χ3v) is 6.23. The summed E-state index contributed by atoms with van der Waals surface area (Å²) in [5.41, 5.74) is 1.97. The molecule has 30 heavy (non-hydrogen) atoms. The number of nitriles is 1. The molecule has 0 bridgehead atoms. The number of allylic oxidation sites excluding steroid dienone is 2. The first-order valence-electron chi connectivity index (χ1n) is 9.84. The van der Waals surface area contributed by atoms with Crippen molar-refractivity contribution in [2.45, 2.75) is 50.7 Å². The highest BCUT2D eigenvalue weighted by Crippen LogP contribution is 2.38. The molecule has 0 aromatic carbocycles. The molecule has 1 heterocycles. The number of alkyl carbamates (subject to hydrolysis) is 1. The molecule has 1 unspecified atom stereocenters. The number of aliphatic imine (C=N–C) groups is 1. The van der Waals surface area contributed by atoms with Crippen molar-refractivity contribution in [2.24, 2.45) is 4.99 Å². The minimum absolute atomic E-state index is 0.223. The molecular weight excluding hydrogens is 400 g/mol. The molecule has 0 spiro atoms. The van der Waals surface area contributed by atoms with E-state index in [0.29, 0.717) is 35.4 Å². The molecule has 0 saturated heterocycles. The molecule has 1 fully saturated rings. The van der Waals surface area contributed by atoms with Gasteiger partial charge in [-0.15, -0.1) is 11.3 Å². The third kappa shape index (κ3) is 5.45. The fraction of sp³-hybridized carbons (Fsp3) is 0.364. The SMILES string of the molecule is C=CN=CC(=C)/C=C/C(=O)Nc1sc2c(c1C#N)CCC(OC(=O)NC1CCC1)C2. The first-order chi connectivity index (χ1) is 14.5. The van der Waals surface area contributed by atoms with E-state index >= 15 is 0 Å². The van der Waals surface area contributed by atoms with Crippen LogP contribution >= 0.6 is 11.3 Å². The molecule has 1 atom stereocenters. The lowest BCUT2D eigenvalue weighted by Crippen LogP contribution is -2.41. The van der Waals surface area contributed by atoms with E-state index in [-0.39, 0.29) is 24.1 Å². The van der Waals surface area contributed by atoms with Crippen molar-refractivity contribution < 1.29 is 14.3 Å². The zero-order chi connectivity index (χ0) is 21.5. The van der Waals surface area contributed by atoms with Crippen LogP contribution in [0, 0.1) is 11.3 Å². The Kier molecular flexibility index (Phi) is 7.20. The summed E-state index contributed by atoms with van der Waals surface area (Å²) in [6, 6.07) is 2.43. The summed E-state index contributed by atoms with van der Waals surface area (Å²) in [5.74, 6) is -0.356. The van der Waals surface area contributed by atoms with Gasteiger partial charge in [-0.3, -0.25) is 9.79 Å². The van der Waals surface area contributed by atoms with Gasteiger partial charge in [0.25, 0.3) is 0 Å². The van der Waals surface area contributed by atoms with Gasteiger partial charge in [0.05, 0.1) is 5.56 Å². The second kappa shape index (κ2) is 10.0. The highest BCUT2D eigenvalue weighted by Gasteiger charge is 2.29. The fourth-order valence-corrected chi connectivity index (χ4v) is 4.56. The topological polar surface area (TPSA) is 104 Å². The number of carbonyl (C=O) groups is 2. The summed E-state index contributed by atoms with van der Waals surface area (Å²) in [6.45, 7) is 7.23. The van der Waals surface area contributed by atoms with Gasteiger partial charge in [-0.25, -0.2) is 4.79 Å². The van der Waals surface area contributed by atoms with Crippen molar-refractivity contribution in [1.29, 1.82) is 5.26 Å². The molecule has 1 saturated carbocycles. The molecule has 2 amide bonds. The maximum Gasteiger partial charge on any atom is 0.407 e. The Hall–Kier alpha value is -3.18. The van der Waals surface area contributed by atoms with E-state index in [0.717, 1.165) is 29.7 Å².